The normalized spacial score (nSPS) is 15.8. The zero-order valence-electron chi connectivity index (χ0n) is 11.9. The first-order valence-corrected chi connectivity index (χ1v) is 7.79. The smallest absolute Gasteiger partial charge is 0.260 e. The lowest BCUT2D eigenvalue weighted by molar-refractivity contribution is -0.133. The number of likely N-dealkylation sites (N-methyl/N-ethyl adjacent to an activating group) is 1. The molecule has 0 aliphatic heterocycles. The Labute approximate surface area is 128 Å². The number of carbonyl (C=O) groups excluding carboxylic acids is 1. The van der Waals surface area contributed by atoms with Gasteiger partial charge in [-0.05, 0) is 44.9 Å². The highest BCUT2D eigenvalue weighted by atomic mass is 79.9. The van der Waals surface area contributed by atoms with Gasteiger partial charge in [-0.1, -0.05) is 15.9 Å². The first kappa shape index (κ1) is 15.3. The number of nitrogens with two attached hydrogens (primary N) is 1. The Morgan fingerprint density at radius 3 is 2.80 bits per heavy atom. The van der Waals surface area contributed by atoms with Gasteiger partial charge in [-0.15, -0.1) is 0 Å². The number of amides is 1. The summed E-state index contributed by atoms with van der Waals surface area (Å²) in [4.78, 5) is 14.0. The van der Waals surface area contributed by atoms with Crippen LogP contribution in [0.2, 0.25) is 0 Å². The van der Waals surface area contributed by atoms with Gasteiger partial charge in [-0.25, -0.2) is 0 Å². The Morgan fingerprint density at radius 1 is 1.55 bits per heavy atom. The molecule has 110 valence electrons. The lowest BCUT2D eigenvalue weighted by Crippen LogP contribution is -2.36. The van der Waals surface area contributed by atoms with Crippen molar-refractivity contribution in [1.82, 2.24) is 4.90 Å². The fourth-order valence-corrected chi connectivity index (χ4v) is 2.63. The largest absolute Gasteiger partial charge is 0.483 e. The van der Waals surface area contributed by atoms with Crippen LogP contribution < -0.4 is 10.5 Å². The highest BCUT2D eigenvalue weighted by Crippen LogP contribution is 2.29. The van der Waals surface area contributed by atoms with E-state index in [4.69, 9.17) is 10.5 Å². The van der Waals surface area contributed by atoms with E-state index < -0.39 is 0 Å². The molecule has 0 unspecified atom stereocenters. The van der Waals surface area contributed by atoms with Gasteiger partial charge in [0.05, 0.1) is 0 Å². The number of hydrogen-bond acceptors (Lipinski definition) is 3. The summed E-state index contributed by atoms with van der Waals surface area (Å²) in [6, 6.07) is 5.97. The molecule has 2 rings (SSSR count). The van der Waals surface area contributed by atoms with Crippen LogP contribution in [0, 0.1) is 0 Å². The zero-order valence-corrected chi connectivity index (χ0v) is 13.5. The Kier molecular flexibility index (Phi) is 5.05. The molecule has 2 N–H and O–H groups in total. The third-order valence-electron chi connectivity index (χ3n) is 3.46. The van der Waals surface area contributed by atoms with E-state index >= 15 is 0 Å². The van der Waals surface area contributed by atoms with Crippen molar-refractivity contribution in [3.63, 3.8) is 0 Å². The van der Waals surface area contributed by atoms with Crippen molar-refractivity contribution in [3.05, 3.63) is 28.2 Å². The number of ether oxygens (including phenoxy) is 1. The molecule has 1 aromatic rings. The van der Waals surface area contributed by atoms with Crippen molar-refractivity contribution in [2.45, 2.75) is 38.8 Å². The lowest BCUT2D eigenvalue weighted by atomic mass is 10.1. The number of carbonyl (C=O) groups is 1. The summed E-state index contributed by atoms with van der Waals surface area (Å²) in [5, 5.41) is 0. The van der Waals surface area contributed by atoms with E-state index in [0.717, 1.165) is 29.4 Å². The van der Waals surface area contributed by atoms with Crippen LogP contribution in [0.5, 0.6) is 5.75 Å². The third kappa shape index (κ3) is 3.73. The van der Waals surface area contributed by atoms with Crippen molar-refractivity contribution < 1.29 is 9.53 Å². The monoisotopic (exact) mass is 340 g/mol. The molecular formula is C15H21BrN2O2. The molecule has 20 heavy (non-hydrogen) atoms. The predicted octanol–water partition coefficient (Wildman–Crippen LogP) is 2.86. The van der Waals surface area contributed by atoms with Gasteiger partial charge in [0.1, 0.15) is 5.75 Å². The molecule has 4 nitrogen and oxygen atoms in total. The minimum atomic E-state index is -0.136. The molecule has 0 heterocycles. The molecule has 1 amide bonds. The van der Waals surface area contributed by atoms with Crippen LogP contribution in [0.15, 0.2) is 22.7 Å². The summed E-state index contributed by atoms with van der Waals surface area (Å²) in [7, 11) is 0. The molecule has 1 aliphatic rings. The quantitative estimate of drug-likeness (QED) is 0.866. The molecule has 1 fully saturated rings. The second kappa shape index (κ2) is 6.59. The summed E-state index contributed by atoms with van der Waals surface area (Å²) in [5.74, 6) is 0.733. The first-order chi connectivity index (χ1) is 9.52. The van der Waals surface area contributed by atoms with Crippen molar-refractivity contribution in [1.29, 1.82) is 0 Å². The molecule has 0 saturated heterocycles. The molecular weight excluding hydrogens is 320 g/mol. The number of rotatable bonds is 6. The molecule has 5 heteroatoms. The average molecular weight is 341 g/mol. The van der Waals surface area contributed by atoms with Crippen LogP contribution in [0.25, 0.3) is 0 Å². The van der Waals surface area contributed by atoms with Crippen LogP contribution >= 0.6 is 15.9 Å². The van der Waals surface area contributed by atoms with E-state index in [1.54, 1.807) is 0 Å². The molecule has 1 atom stereocenters. The highest BCUT2D eigenvalue weighted by molar-refractivity contribution is 9.10. The second-order valence-electron chi connectivity index (χ2n) is 5.17. The maximum atomic E-state index is 12.1. The molecule has 1 aliphatic carbocycles. The van der Waals surface area contributed by atoms with E-state index in [9.17, 15) is 4.79 Å². The third-order valence-corrected chi connectivity index (χ3v) is 3.96. The number of halogens is 1. The summed E-state index contributed by atoms with van der Waals surface area (Å²) in [6.45, 7) is 4.72. The lowest BCUT2D eigenvalue weighted by Gasteiger charge is -2.21. The van der Waals surface area contributed by atoms with Crippen molar-refractivity contribution in [2.24, 2.45) is 5.73 Å². The summed E-state index contributed by atoms with van der Waals surface area (Å²) in [6.07, 6.45) is 2.23. The predicted molar refractivity (Wildman–Crippen MR) is 82.6 cm³/mol. The Balaban J connectivity index is 2.01. The SMILES string of the molecule is CCN(C(=O)COc1ccc(Br)cc1[C@H](C)N)C1CC1. The molecule has 0 spiro atoms. The Bertz CT molecular complexity index is 487. The van der Waals surface area contributed by atoms with Gasteiger partial charge in [0, 0.05) is 28.7 Å². The van der Waals surface area contributed by atoms with Crippen molar-refractivity contribution >= 4 is 21.8 Å². The van der Waals surface area contributed by atoms with Crippen molar-refractivity contribution in [2.75, 3.05) is 13.2 Å². The van der Waals surface area contributed by atoms with Crippen LogP contribution in [-0.4, -0.2) is 30.0 Å². The van der Waals surface area contributed by atoms with Crippen LogP contribution in [0.3, 0.4) is 0 Å². The second-order valence-corrected chi connectivity index (χ2v) is 6.09. The van der Waals surface area contributed by atoms with Gasteiger partial charge in [0.15, 0.2) is 6.61 Å². The van der Waals surface area contributed by atoms with Crippen LogP contribution in [0.4, 0.5) is 0 Å². The van der Waals surface area contributed by atoms with E-state index in [1.807, 2.05) is 36.9 Å². The summed E-state index contributed by atoms with van der Waals surface area (Å²) >= 11 is 3.42. The number of nitrogens with zero attached hydrogens (tertiary/aromatic N) is 1. The fraction of sp³-hybridized carbons (Fsp3) is 0.533. The number of benzene rings is 1. The average Bonchev–Trinajstić information content (AvgIpc) is 3.22. The minimum Gasteiger partial charge on any atom is -0.483 e. The minimum absolute atomic E-state index is 0.0496. The highest BCUT2D eigenvalue weighted by Gasteiger charge is 2.31. The van der Waals surface area contributed by atoms with E-state index in [-0.39, 0.29) is 18.6 Å². The Morgan fingerprint density at radius 2 is 2.25 bits per heavy atom. The molecule has 0 aromatic heterocycles. The maximum absolute atomic E-state index is 12.1. The summed E-state index contributed by atoms with van der Waals surface area (Å²) in [5.41, 5.74) is 6.84. The molecule has 1 saturated carbocycles. The van der Waals surface area contributed by atoms with Gasteiger partial charge in [-0.3, -0.25) is 4.79 Å². The standard InChI is InChI=1S/C15H21BrN2O2/c1-3-18(12-5-6-12)15(19)9-20-14-7-4-11(16)8-13(14)10(2)17/h4,7-8,10,12H,3,5-6,9,17H2,1-2H3/t10-/m0/s1. The van der Waals surface area contributed by atoms with Gasteiger partial charge in [0.2, 0.25) is 0 Å². The van der Waals surface area contributed by atoms with E-state index in [1.165, 1.54) is 0 Å². The summed E-state index contributed by atoms with van der Waals surface area (Å²) < 4.78 is 6.64. The van der Waals surface area contributed by atoms with Gasteiger partial charge >= 0.3 is 0 Å². The molecule has 0 radical (unpaired) electrons. The van der Waals surface area contributed by atoms with E-state index in [0.29, 0.717) is 11.8 Å². The first-order valence-electron chi connectivity index (χ1n) is 7.00. The van der Waals surface area contributed by atoms with Crippen LogP contribution in [-0.2, 0) is 4.79 Å². The fourth-order valence-electron chi connectivity index (χ4n) is 2.25. The Hall–Kier alpha value is -1.07. The number of hydrogen-bond donors (Lipinski definition) is 1. The van der Waals surface area contributed by atoms with Gasteiger partial charge in [-0.2, -0.15) is 0 Å². The zero-order chi connectivity index (χ0) is 14.7. The molecule has 1 aromatic carbocycles. The maximum Gasteiger partial charge on any atom is 0.260 e. The van der Waals surface area contributed by atoms with Crippen molar-refractivity contribution in [3.8, 4) is 5.75 Å². The molecule has 0 bridgehead atoms. The van der Waals surface area contributed by atoms with Gasteiger partial charge in [0.25, 0.3) is 5.91 Å². The van der Waals surface area contributed by atoms with Gasteiger partial charge < -0.3 is 15.4 Å². The van der Waals surface area contributed by atoms with E-state index in [2.05, 4.69) is 15.9 Å². The topological polar surface area (TPSA) is 55.6 Å². The van der Waals surface area contributed by atoms with Crippen LogP contribution in [0.1, 0.15) is 38.3 Å².